The molecule has 3 aromatic rings. The van der Waals surface area contributed by atoms with Crippen LogP contribution in [0.25, 0.3) is 6.08 Å². The first-order valence-electron chi connectivity index (χ1n) is 15.3. The van der Waals surface area contributed by atoms with E-state index >= 15 is 0 Å². The van der Waals surface area contributed by atoms with E-state index in [0.717, 1.165) is 35.8 Å². The topological polar surface area (TPSA) is 130 Å². The Bertz CT molecular complexity index is 1500. The van der Waals surface area contributed by atoms with Gasteiger partial charge in [0.25, 0.3) is 0 Å². The molecular weight excluding hydrogens is 602 g/mol. The third-order valence-electron chi connectivity index (χ3n) is 6.58. The number of esters is 2. The third kappa shape index (κ3) is 13.8. The van der Waals surface area contributed by atoms with E-state index in [4.69, 9.17) is 23.7 Å². The van der Waals surface area contributed by atoms with Crippen LogP contribution in [0, 0.1) is 6.92 Å². The average molecular weight is 644 g/mol. The summed E-state index contributed by atoms with van der Waals surface area (Å²) < 4.78 is 26.9. The molecule has 0 heterocycles. The number of rotatable bonds is 20. The fraction of sp³-hybridized carbons (Fsp3) is 0.270. The summed E-state index contributed by atoms with van der Waals surface area (Å²) in [6.45, 7) is 10.3. The molecule has 2 N–H and O–H groups in total. The van der Waals surface area contributed by atoms with Crippen molar-refractivity contribution in [3.8, 4) is 17.2 Å². The molecule has 3 rings (SSSR count). The predicted molar refractivity (Wildman–Crippen MR) is 179 cm³/mol. The number of nitrogens with one attached hydrogen (secondary N) is 1. The van der Waals surface area contributed by atoms with Crippen molar-refractivity contribution >= 4 is 29.6 Å². The Kier molecular flexibility index (Phi) is 15.5. The number of unbranched alkanes of at least 4 members (excludes halogenated alkanes) is 2. The van der Waals surface area contributed by atoms with Crippen LogP contribution in [0.3, 0.4) is 0 Å². The van der Waals surface area contributed by atoms with Crippen molar-refractivity contribution in [1.82, 2.24) is 0 Å². The number of hydrogen-bond donors (Lipinski definition) is 2. The summed E-state index contributed by atoms with van der Waals surface area (Å²) >= 11 is 0. The SMILES string of the molecule is C=CC(=O)OCCCCOc1ccc(C(=O)Oc2ccc(NC(=O)/C=C/c3ccc(OCCCCOC(O)C=C)cc3)c(C)c2)cc1. The van der Waals surface area contributed by atoms with Crippen LogP contribution in [0.1, 0.15) is 47.2 Å². The Labute approximate surface area is 275 Å². The molecule has 0 bridgehead atoms. The van der Waals surface area contributed by atoms with Crippen molar-refractivity contribution in [2.24, 2.45) is 0 Å². The Morgan fingerprint density at radius 3 is 2.02 bits per heavy atom. The van der Waals surface area contributed by atoms with Crippen LogP contribution in [0.4, 0.5) is 5.69 Å². The van der Waals surface area contributed by atoms with Crippen LogP contribution < -0.4 is 19.5 Å². The molecule has 0 aliphatic heterocycles. The maximum atomic E-state index is 12.7. The average Bonchev–Trinajstić information content (AvgIpc) is 3.08. The molecule has 0 radical (unpaired) electrons. The van der Waals surface area contributed by atoms with Gasteiger partial charge in [0.05, 0.1) is 32.0 Å². The smallest absolute Gasteiger partial charge is 0.343 e. The Morgan fingerprint density at radius 2 is 1.40 bits per heavy atom. The van der Waals surface area contributed by atoms with Crippen LogP contribution in [-0.2, 0) is 19.1 Å². The van der Waals surface area contributed by atoms with Gasteiger partial charge in [-0.2, -0.15) is 0 Å². The highest BCUT2D eigenvalue weighted by atomic mass is 16.6. The van der Waals surface area contributed by atoms with Crippen molar-refractivity contribution in [2.75, 3.05) is 31.7 Å². The zero-order chi connectivity index (χ0) is 33.9. The van der Waals surface area contributed by atoms with Gasteiger partial charge in [-0.1, -0.05) is 25.3 Å². The summed E-state index contributed by atoms with van der Waals surface area (Å²) in [5, 5.41) is 12.1. The minimum absolute atomic E-state index is 0.305. The lowest BCUT2D eigenvalue weighted by Crippen LogP contribution is -2.11. The molecule has 0 aliphatic carbocycles. The lowest BCUT2D eigenvalue weighted by Gasteiger charge is -2.10. The fourth-order valence-electron chi connectivity index (χ4n) is 4.01. The second-order valence-electron chi connectivity index (χ2n) is 10.3. The van der Waals surface area contributed by atoms with E-state index in [0.29, 0.717) is 62.0 Å². The van der Waals surface area contributed by atoms with E-state index in [1.54, 1.807) is 48.5 Å². The standard InChI is InChI=1S/C37H41NO9/c1-4-35(40)45-24-8-6-22-43-30-15-10-28(11-16-30)12-21-34(39)38-33-20-19-32(26-27(33)3)47-37(42)29-13-17-31(18-14-29)44-23-7-9-25-46-36(41)5-2/h4-5,10-21,26,35,40H,1-2,6-9,22-25H2,3H3,(H,38,39)/b21-12+. The summed E-state index contributed by atoms with van der Waals surface area (Å²) in [4.78, 5) is 36.2. The quantitative estimate of drug-likeness (QED) is 0.0357. The first kappa shape index (κ1) is 36.3. The molecule has 3 aromatic carbocycles. The van der Waals surface area contributed by atoms with Gasteiger partial charge in [-0.3, -0.25) is 4.79 Å². The second kappa shape index (κ2) is 20.0. The summed E-state index contributed by atoms with van der Waals surface area (Å²) in [5.41, 5.74) is 2.51. The van der Waals surface area contributed by atoms with Gasteiger partial charge in [-0.15, -0.1) is 0 Å². The van der Waals surface area contributed by atoms with Gasteiger partial charge in [0.1, 0.15) is 17.2 Å². The van der Waals surface area contributed by atoms with E-state index in [1.807, 2.05) is 31.2 Å². The molecule has 1 unspecified atom stereocenters. The van der Waals surface area contributed by atoms with Crippen LogP contribution in [-0.4, -0.2) is 55.7 Å². The Hall–Kier alpha value is -5.19. The zero-order valence-corrected chi connectivity index (χ0v) is 26.5. The van der Waals surface area contributed by atoms with E-state index < -0.39 is 18.2 Å². The van der Waals surface area contributed by atoms with Gasteiger partial charge >= 0.3 is 11.9 Å². The molecule has 1 amide bonds. The highest BCUT2D eigenvalue weighted by Crippen LogP contribution is 2.23. The monoisotopic (exact) mass is 643 g/mol. The lowest BCUT2D eigenvalue weighted by molar-refractivity contribution is -0.137. The number of benzene rings is 3. The minimum Gasteiger partial charge on any atom is -0.494 e. The number of aryl methyl sites for hydroxylation is 1. The molecule has 0 spiro atoms. The van der Waals surface area contributed by atoms with Crippen molar-refractivity contribution in [3.05, 3.63) is 115 Å². The van der Waals surface area contributed by atoms with Gasteiger partial charge in [-0.25, -0.2) is 9.59 Å². The molecule has 248 valence electrons. The van der Waals surface area contributed by atoms with E-state index in [2.05, 4.69) is 18.5 Å². The number of anilines is 1. The van der Waals surface area contributed by atoms with E-state index in [-0.39, 0.29) is 5.91 Å². The largest absolute Gasteiger partial charge is 0.494 e. The number of aliphatic hydroxyl groups excluding tert-OH is 1. The molecule has 0 aromatic heterocycles. The van der Waals surface area contributed by atoms with Gasteiger partial charge in [0.15, 0.2) is 6.29 Å². The van der Waals surface area contributed by atoms with Gasteiger partial charge in [-0.05, 0) is 110 Å². The van der Waals surface area contributed by atoms with Gasteiger partial charge in [0, 0.05) is 17.8 Å². The number of ether oxygens (including phenoxy) is 5. The molecule has 0 aliphatic rings. The molecule has 1 atom stereocenters. The third-order valence-corrected chi connectivity index (χ3v) is 6.58. The van der Waals surface area contributed by atoms with Crippen LogP contribution in [0.5, 0.6) is 17.2 Å². The van der Waals surface area contributed by atoms with Crippen LogP contribution in [0.15, 0.2) is 98.1 Å². The molecule has 0 saturated carbocycles. The number of hydrogen-bond acceptors (Lipinski definition) is 9. The van der Waals surface area contributed by atoms with Crippen LogP contribution >= 0.6 is 0 Å². The number of aliphatic hydroxyl groups is 1. The zero-order valence-electron chi connectivity index (χ0n) is 26.5. The highest BCUT2D eigenvalue weighted by molar-refractivity contribution is 6.02. The van der Waals surface area contributed by atoms with E-state index in [1.165, 1.54) is 12.2 Å². The number of carbonyl (C=O) groups is 3. The van der Waals surface area contributed by atoms with Crippen LogP contribution in [0.2, 0.25) is 0 Å². The minimum atomic E-state index is -0.939. The molecular formula is C37H41NO9. The summed E-state index contributed by atoms with van der Waals surface area (Å²) in [7, 11) is 0. The van der Waals surface area contributed by atoms with Crippen molar-refractivity contribution in [3.63, 3.8) is 0 Å². The maximum Gasteiger partial charge on any atom is 0.343 e. The molecule has 10 heteroatoms. The number of carbonyl (C=O) groups excluding carboxylic acids is 3. The van der Waals surface area contributed by atoms with Crippen molar-refractivity contribution < 1.29 is 43.2 Å². The Morgan fingerprint density at radius 1 is 0.809 bits per heavy atom. The molecule has 0 fully saturated rings. The normalized spacial score (nSPS) is 11.4. The first-order valence-corrected chi connectivity index (χ1v) is 15.3. The second-order valence-corrected chi connectivity index (χ2v) is 10.3. The van der Waals surface area contributed by atoms with Crippen molar-refractivity contribution in [1.29, 1.82) is 0 Å². The summed E-state index contributed by atoms with van der Waals surface area (Å²) in [6.07, 6.45) is 7.55. The molecule has 0 saturated heterocycles. The highest BCUT2D eigenvalue weighted by Gasteiger charge is 2.11. The van der Waals surface area contributed by atoms with Gasteiger partial charge < -0.3 is 34.1 Å². The summed E-state index contributed by atoms with van der Waals surface area (Å²) in [6, 6.07) is 19.0. The Balaban J connectivity index is 1.39. The van der Waals surface area contributed by atoms with Gasteiger partial charge in [0.2, 0.25) is 5.91 Å². The van der Waals surface area contributed by atoms with Crippen molar-refractivity contribution in [2.45, 2.75) is 38.9 Å². The summed E-state index contributed by atoms with van der Waals surface area (Å²) in [5.74, 6) is 0.401. The number of amides is 1. The molecule has 10 nitrogen and oxygen atoms in total. The first-order chi connectivity index (χ1) is 22.8. The van der Waals surface area contributed by atoms with E-state index in [9.17, 15) is 19.5 Å². The lowest BCUT2D eigenvalue weighted by atomic mass is 10.1. The molecule has 47 heavy (non-hydrogen) atoms. The predicted octanol–water partition coefficient (Wildman–Crippen LogP) is 6.43. The maximum absolute atomic E-state index is 12.7. The fourth-order valence-corrected chi connectivity index (χ4v) is 4.01.